The first-order chi connectivity index (χ1) is 16.2. The first kappa shape index (κ1) is 19.6. The monoisotopic (exact) mass is 436 g/mol. The van der Waals surface area contributed by atoms with E-state index in [-0.39, 0.29) is 11.4 Å². The first-order valence-corrected chi connectivity index (χ1v) is 11.3. The van der Waals surface area contributed by atoms with E-state index in [0.29, 0.717) is 11.7 Å². The highest BCUT2D eigenvalue weighted by molar-refractivity contribution is 5.98. The highest BCUT2D eigenvalue weighted by Gasteiger charge is 2.24. The summed E-state index contributed by atoms with van der Waals surface area (Å²) in [7, 11) is 1.97. The Bertz CT molecular complexity index is 1600. The molecule has 4 heterocycles. The molecule has 3 aromatic heterocycles. The van der Waals surface area contributed by atoms with Crippen molar-refractivity contribution in [2.24, 2.45) is 7.05 Å². The second kappa shape index (κ2) is 7.54. The van der Waals surface area contributed by atoms with E-state index in [2.05, 4.69) is 39.3 Å². The van der Waals surface area contributed by atoms with Crippen molar-refractivity contribution in [3.05, 3.63) is 77.1 Å². The van der Waals surface area contributed by atoms with E-state index in [1.807, 2.05) is 54.2 Å². The number of aromatic nitrogens is 4. The normalized spacial score (nSPS) is 16.1. The lowest BCUT2D eigenvalue weighted by atomic mass is 10.1. The number of nitriles is 1. The van der Waals surface area contributed by atoms with Crippen LogP contribution in [0.4, 0.5) is 0 Å². The zero-order chi connectivity index (χ0) is 22.5. The molecule has 6 rings (SSSR count). The summed E-state index contributed by atoms with van der Waals surface area (Å²) < 4.78 is 5.91. The molecule has 7 nitrogen and oxygen atoms in total. The van der Waals surface area contributed by atoms with Crippen molar-refractivity contribution in [3.8, 4) is 23.0 Å². The van der Waals surface area contributed by atoms with Gasteiger partial charge in [-0.1, -0.05) is 36.4 Å². The number of hydrogen-bond acceptors (Lipinski definition) is 3. The van der Waals surface area contributed by atoms with Gasteiger partial charge in [-0.3, -0.25) is 9.55 Å². The highest BCUT2D eigenvalue weighted by atomic mass is 16.1. The van der Waals surface area contributed by atoms with Crippen LogP contribution in [0.25, 0.3) is 38.8 Å². The Balaban J connectivity index is 1.62. The third-order valence-electron chi connectivity index (χ3n) is 6.75. The van der Waals surface area contributed by atoms with E-state index in [1.54, 1.807) is 4.57 Å². The molecular weight excluding hydrogens is 412 g/mol. The van der Waals surface area contributed by atoms with Crippen molar-refractivity contribution in [3.63, 3.8) is 0 Å². The third-order valence-corrected chi connectivity index (χ3v) is 6.75. The van der Waals surface area contributed by atoms with Crippen molar-refractivity contribution in [2.45, 2.75) is 25.4 Å². The van der Waals surface area contributed by atoms with Crippen LogP contribution in [-0.2, 0) is 13.6 Å². The van der Waals surface area contributed by atoms with E-state index >= 15 is 0 Å². The first-order valence-electron chi connectivity index (χ1n) is 11.3. The maximum Gasteiger partial charge on any atom is 0.331 e. The van der Waals surface area contributed by atoms with Crippen LogP contribution in [0.3, 0.4) is 0 Å². The van der Waals surface area contributed by atoms with Gasteiger partial charge in [-0.2, -0.15) is 5.26 Å². The molecule has 0 radical (unpaired) electrons. The van der Waals surface area contributed by atoms with Crippen molar-refractivity contribution in [2.75, 3.05) is 6.54 Å². The van der Waals surface area contributed by atoms with E-state index < -0.39 is 0 Å². The maximum atomic E-state index is 13.2. The number of rotatable bonds is 4. The number of imidazole rings is 1. The van der Waals surface area contributed by atoms with Crippen LogP contribution in [0.15, 0.2) is 65.7 Å². The fourth-order valence-corrected chi connectivity index (χ4v) is 5.24. The smallest absolute Gasteiger partial charge is 0.331 e. The summed E-state index contributed by atoms with van der Waals surface area (Å²) >= 11 is 0. The van der Waals surface area contributed by atoms with Gasteiger partial charge in [0.05, 0.1) is 11.4 Å². The van der Waals surface area contributed by atoms with Crippen LogP contribution in [0.2, 0.25) is 0 Å². The molecule has 0 bridgehead atoms. The van der Waals surface area contributed by atoms with Gasteiger partial charge >= 0.3 is 5.69 Å². The fraction of sp³-hybridized carbons (Fsp3) is 0.231. The SMILES string of the molecule is Cn1cc(-n2c(-c3cn(C[C@H]4CCCN4)c4ccccc34)c(C#N)[nH]c2=O)c2ccccc21. The van der Waals surface area contributed by atoms with Crippen molar-refractivity contribution in [1.82, 2.24) is 24.0 Å². The summed E-state index contributed by atoms with van der Waals surface area (Å²) in [6, 6.07) is 18.8. The van der Waals surface area contributed by atoms with Crippen LogP contribution in [-0.4, -0.2) is 31.3 Å². The number of nitrogens with zero attached hydrogens (tertiary/aromatic N) is 4. The number of H-pyrrole nitrogens is 1. The van der Waals surface area contributed by atoms with Gasteiger partial charge in [-0.05, 0) is 31.5 Å². The molecule has 2 aromatic carbocycles. The van der Waals surface area contributed by atoms with Gasteiger partial charge in [0.2, 0.25) is 0 Å². The van der Waals surface area contributed by atoms with Crippen molar-refractivity contribution in [1.29, 1.82) is 5.26 Å². The number of para-hydroxylation sites is 2. The third kappa shape index (κ3) is 3.03. The molecule has 1 saturated heterocycles. The van der Waals surface area contributed by atoms with E-state index in [9.17, 15) is 10.1 Å². The Morgan fingerprint density at radius 1 is 1.06 bits per heavy atom. The highest BCUT2D eigenvalue weighted by Crippen LogP contribution is 2.35. The van der Waals surface area contributed by atoms with Crippen LogP contribution in [0.5, 0.6) is 0 Å². The van der Waals surface area contributed by atoms with Gasteiger partial charge in [0, 0.05) is 59.4 Å². The fourth-order valence-electron chi connectivity index (χ4n) is 5.24. The number of aryl methyl sites for hydroxylation is 1. The summed E-state index contributed by atoms with van der Waals surface area (Å²) in [5, 5.41) is 15.5. The summed E-state index contributed by atoms with van der Waals surface area (Å²) in [6.45, 7) is 1.90. The molecule has 33 heavy (non-hydrogen) atoms. The van der Waals surface area contributed by atoms with Crippen molar-refractivity contribution >= 4 is 21.8 Å². The molecule has 0 saturated carbocycles. The summed E-state index contributed by atoms with van der Waals surface area (Å²) in [5.74, 6) is 0. The molecule has 1 aliphatic heterocycles. The Morgan fingerprint density at radius 2 is 1.82 bits per heavy atom. The molecule has 0 amide bonds. The average Bonchev–Trinajstić information content (AvgIpc) is 3.60. The lowest BCUT2D eigenvalue weighted by Gasteiger charge is -2.12. The minimum absolute atomic E-state index is 0.273. The number of hydrogen-bond donors (Lipinski definition) is 2. The van der Waals surface area contributed by atoms with E-state index in [1.165, 1.54) is 6.42 Å². The second-order valence-electron chi connectivity index (χ2n) is 8.75. The Hall–Kier alpha value is -4.02. The molecule has 0 unspecified atom stereocenters. The van der Waals surface area contributed by atoms with Gasteiger partial charge in [0.1, 0.15) is 11.8 Å². The lowest BCUT2D eigenvalue weighted by Crippen LogP contribution is -2.26. The zero-order valence-corrected chi connectivity index (χ0v) is 18.4. The number of nitrogens with one attached hydrogen (secondary N) is 2. The van der Waals surface area contributed by atoms with Gasteiger partial charge in [0.15, 0.2) is 0 Å². The van der Waals surface area contributed by atoms with Gasteiger partial charge < -0.3 is 14.5 Å². The topological polar surface area (TPSA) is 83.5 Å². The predicted octanol–water partition coefficient (Wildman–Crippen LogP) is 3.90. The minimum atomic E-state index is -0.313. The van der Waals surface area contributed by atoms with Crippen LogP contribution < -0.4 is 11.0 Å². The van der Waals surface area contributed by atoms with Gasteiger partial charge in [-0.25, -0.2) is 4.79 Å². The molecule has 1 aliphatic rings. The summed E-state index contributed by atoms with van der Waals surface area (Å²) in [4.78, 5) is 16.0. The standard InChI is InChI=1S/C26H24N6O/c1-30-16-24(19-9-3-4-10-22(19)30)32-25(21(13-27)29-26(32)33)20-15-31(14-17-7-6-12-28-17)23-11-5-2-8-18(20)23/h2-5,8-11,15-17,28H,6-7,12,14H2,1H3,(H,29,33)/t17-/m1/s1. The molecule has 0 aliphatic carbocycles. The summed E-state index contributed by atoms with van der Waals surface area (Å²) in [5.41, 5.74) is 4.34. The number of benzene rings is 2. The minimum Gasteiger partial charge on any atom is -0.348 e. The van der Waals surface area contributed by atoms with Crippen molar-refractivity contribution < 1.29 is 0 Å². The van der Waals surface area contributed by atoms with Crippen LogP contribution in [0, 0.1) is 11.3 Å². The Labute approximate surface area is 190 Å². The quantitative estimate of drug-likeness (QED) is 0.448. The maximum absolute atomic E-state index is 13.2. The average molecular weight is 437 g/mol. The van der Waals surface area contributed by atoms with Gasteiger partial charge in [0.25, 0.3) is 0 Å². The van der Waals surface area contributed by atoms with Gasteiger partial charge in [-0.15, -0.1) is 0 Å². The lowest BCUT2D eigenvalue weighted by molar-refractivity contribution is 0.519. The predicted molar refractivity (Wildman–Crippen MR) is 130 cm³/mol. The molecule has 0 spiro atoms. The summed E-state index contributed by atoms with van der Waals surface area (Å²) in [6.07, 6.45) is 6.38. The molecule has 1 atom stereocenters. The molecule has 7 heteroatoms. The van der Waals surface area contributed by atoms with E-state index in [0.717, 1.165) is 52.6 Å². The zero-order valence-electron chi connectivity index (χ0n) is 18.4. The number of aromatic amines is 1. The Kier molecular flexibility index (Phi) is 4.49. The number of fused-ring (bicyclic) bond motifs is 2. The molecule has 164 valence electrons. The molecular formula is C26H24N6O. The molecule has 2 N–H and O–H groups in total. The second-order valence-corrected chi connectivity index (χ2v) is 8.75. The Morgan fingerprint density at radius 3 is 2.58 bits per heavy atom. The van der Waals surface area contributed by atoms with E-state index in [4.69, 9.17) is 0 Å². The molecule has 5 aromatic rings. The molecule has 1 fully saturated rings. The largest absolute Gasteiger partial charge is 0.348 e. The van der Waals surface area contributed by atoms with Crippen LogP contribution in [0.1, 0.15) is 18.5 Å². The van der Waals surface area contributed by atoms with Crippen LogP contribution >= 0.6 is 0 Å².